The van der Waals surface area contributed by atoms with Crippen LogP contribution in [0.25, 0.3) is 0 Å². The van der Waals surface area contributed by atoms with Crippen LogP contribution in [-0.4, -0.2) is 33.8 Å². The van der Waals surface area contributed by atoms with Gasteiger partial charge in [0.05, 0.1) is 27.4 Å². The first-order valence-electron chi connectivity index (χ1n) is 8.54. The third-order valence-electron chi connectivity index (χ3n) is 3.82. The zero-order valence-electron chi connectivity index (χ0n) is 15.8. The lowest BCUT2D eigenvalue weighted by atomic mass is 10.1. The van der Waals surface area contributed by atoms with Crippen molar-refractivity contribution in [2.75, 3.05) is 33.2 Å². The number of benzene rings is 2. The molecule has 26 heavy (non-hydrogen) atoms. The molecule has 0 fully saturated rings. The van der Waals surface area contributed by atoms with Crippen molar-refractivity contribution in [1.29, 1.82) is 0 Å². The zero-order valence-corrected chi connectivity index (χ0v) is 15.8. The summed E-state index contributed by atoms with van der Waals surface area (Å²) < 4.78 is 15.9. The largest absolute Gasteiger partial charge is 0.493 e. The summed E-state index contributed by atoms with van der Waals surface area (Å²) in [4.78, 5) is 4.69. The van der Waals surface area contributed by atoms with Crippen molar-refractivity contribution in [3.63, 3.8) is 0 Å². The van der Waals surface area contributed by atoms with Crippen molar-refractivity contribution in [3.05, 3.63) is 53.6 Å². The summed E-state index contributed by atoms with van der Waals surface area (Å²) in [5.41, 5.74) is 3.15. The molecule has 0 saturated carbocycles. The lowest BCUT2D eigenvalue weighted by Gasteiger charge is -2.14. The van der Waals surface area contributed by atoms with Crippen molar-refractivity contribution < 1.29 is 14.2 Å². The maximum atomic E-state index is 5.35. The van der Waals surface area contributed by atoms with Crippen molar-refractivity contribution in [1.82, 2.24) is 5.32 Å². The molecule has 0 unspecified atom stereocenters. The Balaban J connectivity index is 2.17. The highest BCUT2D eigenvalue weighted by molar-refractivity contribution is 5.93. The summed E-state index contributed by atoms with van der Waals surface area (Å²) in [6, 6.07) is 13.8. The SMILES string of the molecule is CCNC(=NCc1ccccc1COC)Nc1ccc(OC)c(OC)c1. The fourth-order valence-corrected chi connectivity index (χ4v) is 2.53. The molecule has 0 aliphatic carbocycles. The normalized spacial score (nSPS) is 11.2. The van der Waals surface area contributed by atoms with Crippen LogP contribution in [0, 0.1) is 0 Å². The average molecular weight is 357 g/mol. The van der Waals surface area contributed by atoms with Gasteiger partial charge in [0, 0.05) is 25.4 Å². The molecule has 0 aliphatic rings. The number of hydrogen-bond acceptors (Lipinski definition) is 4. The second kappa shape index (κ2) is 10.3. The van der Waals surface area contributed by atoms with E-state index in [2.05, 4.69) is 27.8 Å². The van der Waals surface area contributed by atoms with Crippen molar-refractivity contribution in [3.8, 4) is 11.5 Å². The van der Waals surface area contributed by atoms with E-state index in [0.717, 1.165) is 23.4 Å². The minimum atomic E-state index is 0.558. The molecule has 0 spiro atoms. The molecule has 6 heteroatoms. The molecule has 2 aromatic rings. The first-order valence-corrected chi connectivity index (χ1v) is 8.54. The van der Waals surface area contributed by atoms with Gasteiger partial charge >= 0.3 is 0 Å². The second-order valence-electron chi connectivity index (χ2n) is 5.59. The molecular formula is C20H27N3O3. The zero-order chi connectivity index (χ0) is 18.8. The van der Waals surface area contributed by atoms with Gasteiger partial charge in [-0.3, -0.25) is 0 Å². The highest BCUT2D eigenvalue weighted by Crippen LogP contribution is 2.29. The molecule has 0 atom stereocenters. The van der Waals surface area contributed by atoms with Crippen LogP contribution >= 0.6 is 0 Å². The Morgan fingerprint density at radius 1 is 0.962 bits per heavy atom. The lowest BCUT2D eigenvalue weighted by Crippen LogP contribution is -2.30. The lowest BCUT2D eigenvalue weighted by molar-refractivity contribution is 0.184. The Kier molecular flexibility index (Phi) is 7.76. The van der Waals surface area contributed by atoms with Gasteiger partial charge in [-0.1, -0.05) is 24.3 Å². The average Bonchev–Trinajstić information content (AvgIpc) is 2.67. The quantitative estimate of drug-likeness (QED) is 0.560. The number of anilines is 1. The molecule has 0 amide bonds. The Labute approximate surface area is 155 Å². The van der Waals surface area contributed by atoms with Crippen LogP contribution in [0.15, 0.2) is 47.5 Å². The first-order chi connectivity index (χ1) is 12.7. The number of ether oxygens (including phenoxy) is 3. The molecule has 2 rings (SSSR count). The molecule has 0 heterocycles. The Morgan fingerprint density at radius 2 is 1.69 bits per heavy atom. The summed E-state index contributed by atoms with van der Waals surface area (Å²) in [6.07, 6.45) is 0. The number of rotatable bonds is 8. The molecule has 0 aliphatic heterocycles. The molecule has 140 valence electrons. The van der Waals surface area contributed by atoms with Gasteiger partial charge in [0.15, 0.2) is 17.5 Å². The van der Waals surface area contributed by atoms with Crippen molar-refractivity contribution >= 4 is 11.6 Å². The summed E-state index contributed by atoms with van der Waals surface area (Å²) in [5, 5.41) is 6.55. The molecule has 6 nitrogen and oxygen atoms in total. The van der Waals surface area contributed by atoms with Crippen LogP contribution in [0.1, 0.15) is 18.1 Å². The van der Waals surface area contributed by atoms with Crippen molar-refractivity contribution in [2.45, 2.75) is 20.1 Å². The van der Waals surface area contributed by atoms with E-state index >= 15 is 0 Å². The maximum absolute atomic E-state index is 5.35. The topological polar surface area (TPSA) is 64.1 Å². The van der Waals surface area contributed by atoms with Gasteiger partial charge in [-0.25, -0.2) is 4.99 Å². The molecular weight excluding hydrogens is 330 g/mol. The monoisotopic (exact) mass is 357 g/mol. The van der Waals surface area contributed by atoms with Gasteiger partial charge in [-0.05, 0) is 30.2 Å². The Hall–Kier alpha value is -2.73. The van der Waals surface area contributed by atoms with Gasteiger partial charge in [-0.15, -0.1) is 0 Å². The van der Waals surface area contributed by atoms with Gasteiger partial charge in [0.1, 0.15) is 0 Å². The molecule has 2 aromatic carbocycles. The van der Waals surface area contributed by atoms with E-state index in [1.165, 1.54) is 0 Å². The van der Waals surface area contributed by atoms with Crippen LogP contribution in [0.2, 0.25) is 0 Å². The third kappa shape index (κ3) is 5.39. The van der Waals surface area contributed by atoms with Gasteiger partial charge < -0.3 is 24.8 Å². The van der Waals surface area contributed by atoms with E-state index in [1.54, 1.807) is 21.3 Å². The van der Waals surface area contributed by atoms with E-state index in [0.29, 0.717) is 30.6 Å². The standard InChI is InChI=1S/C20H27N3O3/c1-5-21-20(22-13-15-8-6-7-9-16(15)14-24-2)23-17-10-11-18(25-3)19(12-17)26-4/h6-12H,5,13-14H2,1-4H3,(H2,21,22,23). The van der Waals surface area contributed by atoms with Gasteiger partial charge in [-0.2, -0.15) is 0 Å². The molecule has 0 bridgehead atoms. The molecule has 0 saturated heterocycles. The number of nitrogens with one attached hydrogen (secondary N) is 2. The third-order valence-corrected chi connectivity index (χ3v) is 3.82. The van der Waals surface area contributed by atoms with Gasteiger partial charge in [0.2, 0.25) is 0 Å². The molecule has 0 aromatic heterocycles. The van der Waals surface area contributed by atoms with Crippen LogP contribution < -0.4 is 20.1 Å². The molecule has 0 radical (unpaired) electrons. The maximum Gasteiger partial charge on any atom is 0.196 e. The second-order valence-corrected chi connectivity index (χ2v) is 5.59. The minimum absolute atomic E-state index is 0.558. The summed E-state index contributed by atoms with van der Waals surface area (Å²) in [7, 11) is 4.93. The fourth-order valence-electron chi connectivity index (χ4n) is 2.53. The fraction of sp³-hybridized carbons (Fsp3) is 0.350. The van der Waals surface area contributed by atoms with E-state index in [-0.39, 0.29) is 0 Å². The van der Waals surface area contributed by atoms with Crippen LogP contribution in [0.3, 0.4) is 0 Å². The minimum Gasteiger partial charge on any atom is -0.493 e. The van der Waals surface area contributed by atoms with E-state index in [4.69, 9.17) is 14.2 Å². The van der Waals surface area contributed by atoms with E-state index in [9.17, 15) is 0 Å². The highest BCUT2D eigenvalue weighted by Gasteiger charge is 2.07. The van der Waals surface area contributed by atoms with Gasteiger partial charge in [0.25, 0.3) is 0 Å². The number of guanidine groups is 1. The smallest absolute Gasteiger partial charge is 0.196 e. The predicted molar refractivity (Wildman–Crippen MR) is 105 cm³/mol. The summed E-state index contributed by atoms with van der Waals surface area (Å²) in [5.74, 6) is 2.05. The van der Waals surface area contributed by atoms with E-state index in [1.807, 2.05) is 37.3 Å². The molecule has 2 N–H and O–H groups in total. The van der Waals surface area contributed by atoms with E-state index < -0.39 is 0 Å². The van der Waals surface area contributed by atoms with Crippen LogP contribution in [-0.2, 0) is 17.9 Å². The van der Waals surface area contributed by atoms with Crippen LogP contribution in [0.4, 0.5) is 5.69 Å². The first kappa shape index (κ1) is 19.6. The summed E-state index contributed by atoms with van der Waals surface area (Å²) in [6.45, 7) is 3.93. The van der Waals surface area contributed by atoms with Crippen molar-refractivity contribution in [2.24, 2.45) is 4.99 Å². The Morgan fingerprint density at radius 3 is 2.35 bits per heavy atom. The Bertz CT molecular complexity index is 732. The summed E-state index contributed by atoms with van der Waals surface area (Å²) >= 11 is 0. The number of methoxy groups -OCH3 is 3. The number of nitrogens with zero attached hydrogens (tertiary/aromatic N) is 1. The number of aliphatic imine (C=N–C) groups is 1. The highest BCUT2D eigenvalue weighted by atomic mass is 16.5. The van der Waals surface area contributed by atoms with Crippen LogP contribution in [0.5, 0.6) is 11.5 Å². The number of hydrogen-bond donors (Lipinski definition) is 2. The predicted octanol–water partition coefficient (Wildman–Crippen LogP) is 3.43.